The van der Waals surface area contributed by atoms with Crippen LogP contribution in [0.15, 0.2) is 36.4 Å². The van der Waals surface area contributed by atoms with Gasteiger partial charge in [-0.15, -0.1) is 0 Å². The molecule has 0 radical (unpaired) electrons. The van der Waals surface area contributed by atoms with Crippen LogP contribution in [0.1, 0.15) is 47.8 Å². The van der Waals surface area contributed by atoms with E-state index < -0.39 is 11.0 Å². The second-order valence-corrected chi connectivity index (χ2v) is 10.5. The summed E-state index contributed by atoms with van der Waals surface area (Å²) in [6.45, 7) is 2.07. The van der Waals surface area contributed by atoms with Crippen molar-refractivity contribution in [1.82, 2.24) is 9.88 Å². The number of aromatic hydroxyl groups is 1. The molecule has 2 bridgehead atoms. The van der Waals surface area contributed by atoms with E-state index in [1.807, 2.05) is 6.07 Å². The van der Waals surface area contributed by atoms with E-state index in [1.54, 1.807) is 6.07 Å². The molecule has 0 amide bonds. The Labute approximate surface area is 180 Å². The van der Waals surface area contributed by atoms with Gasteiger partial charge in [0.15, 0.2) is 17.6 Å². The van der Waals surface area contributed by atoms with Crippen LogP contribution >= 0.6 is 0 Å². The number of rotatable bonds is 2. The highest BCUT2D eigenvalue weighted by molar-refractivity contribution is 5.86. The number of ether oxygens (including phenoxy) is 1. The van der Waals surface area contributed by atoms with Gasteiger partial charge < -0.3 is 19.9 Å². The zero-order chi connectivity index (χ0) is 20.5. The Kier molecular flexibility index (Phi) is 2.91. The molecule has 158 valence electrons. The van der Waals surface area contributed by atoms with Gasteiger partial charge in [0.25, 0.3) is 0 Å². The predicted octanol–water partition coefficient (Wildman–Crippen LogP) is 3.57. The molecule has 3 aromatic rings. The number of benzene rings is 2. The molecule has 5 nitrogen and oxygen atoms in total. The van der Waals surface area contributed by atoms with Crippen molar-refractivity contribution in [3.8, 4) is 11.5 Å². The second kappa shape index (κ2) is 5.28. The van der Waals surface area contributed by atoms with E-state index in [0.29, 0.717) is 12.2 Å². The van der Waals surface area contributed by atoms with E-state index in [9.17, 15) is 10.2 Å². The average molecular weight is 415 g/mol. The maximum atomic E-state index is 12.7. The summed E-state index contributed by atoms with van der Waals surface area (Å²) >= 11 is 0. The van der Waals surface area contributed by atoms with Crippen molar-refractivity contribution in [2.24, 2.45) is 5.92 Å². The summed E-state index contributed by atoms with van der Waals surface area (Å²) in [5.41, 5.74) is 4.27. The molecular formula is C26H26N2O3. The maximum Gasteiger partial charge on any atom is 0.166 e. The topological polar surface area (TPSA) is 68.7 Å². The number of para-hydroxylation sites is 1. The summed E-state index contributed by atoms with van der Waals surface area (Å²) < 4.78 is 6.60. The van der Waals surface area contributed by atoms with Crippen LogP contribution in [0.25, 0.3) is 10.9 Å². The monoisotopic (exact) mass is 414 g/mol. The van der Waals surface area contributed by atoms with Crippen molar-refractivity contribution < 1.29 is 14.9 Å². The average Bonchev–Trinajstić information content (AvgIpc) is 3.40. The summed E-state index contributed by atoms with van der Waals surface area (Å²) in [4.78, 5) is 6.22. The molecule has 2 fully saturated rings. The van der Waals surface area contributed by atoms with Gasteiger partial charge in [0, 0.05) is 35.5 Å². The summed E-state index contributed by atoms with van der Waals surface area (Å²) in [5, 5.41) is 24.6. The lowest BCUT2D eigenvalue weighted by Gasteiger charge is -2.62. The molecule has 3 heterocycles. The number of likely N-dealkylation sites (tertiary alicyclic amines) is 1. The Bertz CT molecular complexity index is 1280. The number of aliphatic hydroxyl groups is 1. The fourth-order valence-electron chi connectivity index (χ4n) is 7.57. The number of piperidine rings is 1. The SMILES string of the molecule is Oc1ccc2c3c1O[C@H]1c4[nH]c5ccccc5c4C[C@]4(O)[C@@H](C2)N(CC2CC2)CC[C@]314. The Balaban J connectivity index is 1.43. The number of nitrogens with one attached hydrogen (secondary N) is 1. The van der Waals surface area contributed by atoms with Crippen molar-refractivity contribution in [2.45, 2.75) is 55.3 Å². The van der Waals surface area contributed by atoms with Gasteiger partial charge in [-0.3, -0.25) is 4.90 Å². The fourth-order valence-corrected chi connectivity index (χ4v) is 7.57. The Morgan fingerprint density at radius 1 is 1.16 bits per heavy atom. The molecule has 1 saturated heterocycles. The molecule has 4 atom stereocenters. The van der Waals surface area contributed by atoms with Crippen LogP contribution in [-0.2, 0) is 18.3 Å². The fraction of sp³-hybridized carbons (Fsp3) is 0.462. The normalized spacial score (nSPS) is 35.0. The number of aromatic nitrogens is 1. The van der Waals surface area contributed by atoms with E-state index in [-0.39, 0.29) is 17.9 Å². The lowest BCUT2D eigenvalue weighted by atomic mass is 9.49. The lowest BCUT2D eigenvalue weighted by molar-refractivity contribution is -0.173. The minimum absolute atomic E-state index is 0.0813. The van der Waals surface area contributed by atoms with Crippen LogP contribution in [0, 0.1) is 5.92 Å². The lowest BCUT2D eigenvalue weighted by Crippen LogP contribution is -2.74. The molecule has 2 aromatic carbocycles. The highest BCUT2D eigenvalue weighted by atomic mass is 16.5. The van der Waals surface area contributed by atoms with E-state index in [0.717, 1.165) is 48.6 Å². The molecule has 3 N–H and O–H groups in total. The first kappa shape index (κ1) is 17.1. The molecule has 5 heteroatoms. The van der Waals surface area contributed by atoms with Gasteiger partial charge in [0.1, 0.15) is 0 Å². The molecule has 2 aliphatic heterocycles. The van der Waals surface area contributed by atoms with Crippen LogP contribution in [0.4, 0.5) is 0 Å². The highest BCUT2D eigenvalue weighted by Crippen LogP contribution is 2.69. The smallest absolute Gasteiger partial charge is 0.166 e. The van der Waals surface area contributed by atoms with Crippen molar-refractivity contribution in [1.29, 1.82) is 0 Å². The number of hydrogen-bond donors (Lipinski definition) is 3. The van der Waals surface area contributed by atoms with Crippen LogP contribution < -0.4 is 4.74 Å². The van der Waals surface area contributed by atoms with Crippen molar-refractivity contribution in [3.05, 3.63) is 58.8 Å². The first-order chi connectivity index (χ1) is 15.1. The minimum atomic E-state index is -0.908. The van der Waals surface area contributed by atoms with E-state index in [2.05, 4.69) is 34.1 Å². The molecule has 3 aliphatic carbocycles. The van der Waals surface area contributed by atoms with E-state index >= 15 is 0 Å². The van der Waals surface area contributed by atoms with Gasteiger partial charge in [-0.25, -0.2) is 0 Å². The third-order valence-corrected chi connectivity index (χ3v) is 9.07. The third-order valence-electron chi connectivity index (χ3n) is 9.07. The highest BCUT2D eigenvalue weighted by Gasteiger charge is 2.72. The van der Waals surface area contributed by atoms with Gasteiger partial charge >= 0.3 is 0 Å². The number of fused-ring (bicyclic) bond motifs is 4. The first-order valence-electron chi connectivity index (χ1n) is 11.7. The largest absolute Gasteiger partial charge is 0.504 e. The molecule has 0 unspecified atom stereocenters. The summed E-state index contributed by atoms with van der Waals surface area (Å²) in [7, 11) is 0. The van der Waals surface area contributed by atoms with Crippen molar-refractivity contribution >= 4 is 10.9 Å². The van der Waals surface area contributed by atoms with E-state index in [4.69, 9.17) is 4.74 Å². The molecule has 5 aliphatic rings. The summed E-state index contributed by atoms with van der Waals surface area (Å²) in [6, 6.07) is 12.3. The number of phenols is 1. The Hall–Kier alpha value is -2.50. The molecule has 1 spiro atoms. The zero-order valence-corrected chi connectivity index (χ0v) is 17.4. The van der Waals surface area contributed by atoms with Crippen LogP contribution in [0.2, 0.25) is 0 Å². The number of phenolic OH excluding ortho intramolecular Hbond substituents is 1. The number of aromatic amines is 1. The quantitative estimate of drug-likeness (QED) is 0.600. The van der Waals surface area contributed by atoms with Crippen molar-refractivity contribution in [3.63, 3.8) is 0 Å². The van der Waals surface area contributed by atoms with E-state index in [1.165, 1.54) is 29.4 Å². The number of nitrogens with zero attached hydrogens (tertiary/aromatic N) is 1. The number of H-pyrrole nitrogens is 1. The Morgan fingerprint density at radius 3 is 2.90 bits per heavy atom. The zero-order valence-electron chi connectivity index (χ0n) is 17.4. The molecule has 1 aromatic heterocycles. The first-order valence-corrected chi connectivity index (χ1v) is 11.7. The summed E-state index contributed by atoms with van der Waals surface area (Å²) in [6.07, 6.45) is 4.66. The van der Waals surface area contributed by atoms with Crippen LogP contribution in [0.3, 0.4) is 0 Å². The minimum Gasteiger partial charge on any atom is -0.504 e. The summed E-state index contributed by atoms with van der Waals surface area (Å²) in [5.74, 6) is 1.58. The standard InChI is InChI=1S/C26H26N2O3/c29-19-8-7-15-11-20-26(30)12-17-16-3-1-2-4-18(16)27-22(17)24-25(26,21(15)23(19)31-24)9-10-28(20)13-14-5-6-14/h1-4,7-8,14,20,24,27,29-30H,5-6,9-13H2/t20-,24+,25+,26+/m1/s1. The van der Waals surface area contributed by atoms with Gasteiger partial charge in [-0.2, -0.15) is 0 Å². The number of hydrogen-bond acceptors (Lipinski definition) is 4. The molecule has 8 rings (SSSR count). The molecule has 31 heavy (non-hydrogen) atoms. The third kappa shape index (κ3) is 1.84. The van der Waals surface area contributed by atoms with Gasteiger partial charge in [-0.1, -0.05) is 24.3 Å². The second-order valence-electron chi connectivity index (χ2n) is 10.5. The maximum absolute atomic E-state index is 12.7. The van der Waals surface area contributed by atoms with Crippen LogP contribution in [0.5, 0.6) is 11.5 Å². The van der Waals surface area contributed by atoms with Gasteiger partial charge in [0.05, 0.1) is 16.7 Å². The van der Waals surface area contributed by atoms with Crippen molar-refractivity contribution in [2.75, 3.05) is 13.1 Å². The molecule has 1 saturated carbocycles. The molecular weight excluding hydrogens is 388 g/mol. The van der Waals surface area contributed by atoms with Gasteiger partial charge in [-0.05, 0) is 61.4 Å². The van der Waals surface area contributed by atoms with Gasteiger partial charge in [0.2, 0.25) is 0 Å². The van der Waals surface area contributed by atoms with Crippen LogP contribution in [-0.4, -0.2) is 44.8 Å². The predicted molar refractivity (Wildman–Crippen MR) is 117 cm³/mol. The Morgan fingerprint density at radius 2 is 2.03 bits per heavy atom.